The molecule has 0 radical (unpaired) electrons. The van der Waals surface area contributed by atoms with Gasteiger partial charge in [-0.2, -0.15) is 0 Å². The molecule has 0 spiro atoms. The van der Waals surface area contributed by atoms with Crippen LogP contribution in [-0.4, -0.2) is 23.6 Å². The van der Waals surface area contributed by atoms with Crippen LogP contribution in [0.3, 0.4) is 0 Å². The van der Waals surface area contributed by atoms with E-state index < -0.39 is 23.6 Å². The molecule has 0 aliphatic rings. The molecule has 29 heavy (non-hydrogen) atoms. The summed E-state index contributed by atoms with van der Waals surface area (Å²) in [6.07, 6.45) is 0.638. The van der Waals surface area contributed by atoms with Crippen molar-refractivity contribution >= 4 is 12.0 Å². The van der Waals surface area contributed by atoms with E-state index in [1.165, 1.54) is 5.56 Å². The molecule has 2 aromatic carbocycles. The molecular weight excluding hydrogens is 368 g/mol. The molecular formula is C23H30N2O4. The van der Waals surface area contributed by atoms with Gasteiger partial charge in [-0.1, -0.05) is 61.5 Å². The number of hydrogen-bond acceptors (Lipinski definition) is 4. The maximum absolute atomic E-state index is 12.6. The molecule has 0 aromatic heterocycles. The van der Waals surface area contributed by atoms with E-state index in [1.54, 1.807) is 20.8 Å². The molecule has 0 aliphatic heterocycles. The van der Waals surface area contributed by atoms with Crippen LogP contribution in [0.15, 0.2) is 54.6 Å². The van der Waals surface area contributed by atoms with Crippen LogP contribution in [0.25, 0.3) is 0 Å². The fourth-order valence-corrected chi connectivity index (χ4v) is 2.64. The number of nitrogens with one attached hydrogen (secondary N) is 2. The van der Waals surface area contributed by atoms with Gasteiger partial charge in [-0.25, -0.2) is 10.3 Å². The first kappa shape index (κ1) is 22.4. The Bertz CT molecular complexity index is 783. The molecule has 2 aromatic rings. The van der Waals surface area contributed by atoms with E-state index >= 15 is 0 Å². The van der Waals surface area contributed by atoms with Crippen molar-refractivity contribution in [2.75, 3.05) is 0 Å². The second kappa shape index (κ2) is 10.6. The summed E-state index contributed by atoms with van der Waals surface area (Å²) in [6, 6.07) is 16.6. The lowest BCUT2D eigenvalue weighted by Gasteiger charge is -2.23. The molecule has 1 atom stereocenters. The topological polar surface area (TPSA) is 76.7 Å². The van der Waals surface area contributed by atoms with Crippen LogP contribution in [0.4, 0.5) is 4.79 Å². The lowest BCUT2D eigenvalue weighted by atomic mass is 10.1. The lowest BCUT2D eigenvalue weighted by Crippen LogP contribution is -2.49. The van der Waals surface area contributed by atoms with E-state index in [4.69, 9.17) is 9.57 Å². The Morgan fingerprint density at radius 3 is 2.14 bits per heavy atom. The first-order valence-electron chi connectivity index (χ1n) is 9.79. The molecule has 0 saturated heterocycles. The number of carbonyl (C=O) groups is 2. The minimum absolute atomic E-state index is 0.236. The van der Waals surface area contributed by atoms with E-state index in [0.29, 0.717) is 6.42 Å². The highest BCUT2D eigenvalue weighted by Crippen LogP contribution is 2.09. The van der Waals surface area contributed by atoms with Gasteiger partial charge in [0.1, 0.15) is 11.6 Å². The Hall–Kier alpha value is -2.86. The van der Waals surface area contributed by atoms with E-state index in [0.717, 1.165) is 17.5 Å². The highest BCUT2D eigenvalue weighted by molar-refractivity contribution is 5.85. The standard InChI is InChI=1S/C23H30N2O4/c1-5-17-11-13-19(14-12-17)16-28-25-21(26)20(15-18-9-7-6-8-10-18)24-22(27)29-23(2,3)4/h6-14,20H,5,15-16H2,1-4H3,(H,24,27)(H,25,26)/t20-/m1/s1. The van der Waals surface area contributed by atoms with Gasteiger partial charge in [0.25, 0.3) is 5.91 Å². The number of hydroxylamine groups is 1. The fourth-order valence-electron chi connectivity index (χ4n) is 2.64. The lowest BCUT2D eigenvalue weighted by molar-refractivity contribution is -0.136. The molecule has 6 heteroatoms. The quantitative estimate of drug-likeness (QED) is 0.661. The van der Waals surface area contributed by atoms with Crippen molar-refractivity contribution in [2.24, 2.45) is 0 Å². The van der Waals surface area contributed by atoms with Crippen LogP contribution >= 0.6 is 0 Å². The number of benzene rings is 2. The molecule has 0 unspecified atom stereocenters. The Morgan fingerprint density at radius 1 is 0.931 bits per heavy atom. The van der Waals surface area contributed by atoms with Crippen LogP contribution < -0.4 is 10.8 Å². The van der Waals surface area contributed by atoms with E-state index in [9.17, 15) is 9.59 Å². The minimum Gasteiger partial charge on any atom is -0.444 e. The van der Waals surface area contributed by atoms with E-state index in [-0.39, 0.29) is 6.61 Å². The van der Waals surface area contributed by atoms with Gasteiger partial charge in [0.2, 0.25) is 0 Å². The van der Waals surface area contributed by atoms with Crippen LogP contribution in [0.2, 0.25) is 0 Å². The number of rotatable bonds is 8. The number of alkyl carbamates (subject to hydrolysis) is 1. The summed E-state index contributed by atoms with van der Waals surface area (Å²) in [5.74, 6) is -0.440. The third-order valence-electron chi connectivity index (χ3n) is 4.13. The summed E-state index contributed by atoms with van der Waals surface area (Å²) in [4.78, 5) is 30.2. The van der Waals surface area contributed by atoms with Crippen molar-refractivity contribution in [1.29, 1.82) is 0 Å². The number of hydrogen-bond donors (Lipinski definition) is 2. The normalized spacial score (nSPS) is 12.1. The minimum atomic E-state index is -0.824. The summed E-state index contributed by atoms with van der Waals surface area (Å²) in [5, 5.41) is 2.63. The highest BCUT2D eigenvalue weighted by Gasteiger charge is 2.25. The van der Waals surface area contributed by atoms with Crippen molar-refractivity contribution in [3.05, 3.63) is 71.3 Å². The van der Waals surface area contributed by atoms with E-state index in [1.807, 2.05) is 54.6 Å². The van der Waals surface area contributed by atoms with Crippen molar-refractivity contribution in [3.63, 3.8) is 0 Å². The van der Waals surface area contributed by atoms with Gasteiger partial charge in [-0.3, -0.25) is 9.63 Å². The summed E-state index contributed by atoms with van der Waals surface area (Å²) >= 11 is 0. The zero-order valence-corrected chi connectivity index (χ0v) is 17.5. The Kier molecular flexibility index (Phi) is 8.21. The summed E-state index contributed by atoms with van der Waals surface area (Å²) < 4.78 is 5.28. The number of ether oxygens (including phenoxy) is 1. The van der Waals surface area contributed by atoms with Crippen LogP contribution in [0, 0.1) is 0 Å². The van der Waals surface area contributed by atoms with Gasteiger partial charge in [-0.15, -0.1) is 0 Å². The van der Waals surface area contributed by atoms with Crippen molar-refractivity contribution in [3.8, 4) is 0 Å². The molecule has 2 N–H and O–H groups in total. The first-order valence-corrected chi connectivity index (χ1v) is 9.79. The molecule has 0 fully saturated rings. The van der Waals surface area contributed by atoms with Crippen LogP contribution in [-0.2, 0) is 33.8 Å². The maximum Gasteiger partial charge on any atom is 0.408 e. The van der Waals surface area contributed by atoms with Gasteiger partial charge in [0.15, 0.2) is 0 Å². The monoisotopic (exact) mass is 398 g/mol. The third-order valence-corrected chi connectivity index (χ3v) is 4.13. The van der Waals surface area contributed by atoms with Crippen LogP contribution in [0.1, 0.15) is 44.4 Å². The van der Waals surface area contributed by atoms with E-state index in [2.05, 4.69) is 17.7 Å². The second-order valence-corrected chi connectivity index (χ2v) is 7.81. The molecule has 156 valence electrons. The predicted molar refractivity (Wildman–Crippen MR) is 112 cm³/mol. The summed E-state index contributed by atoms with van der Waals surface area (Å²) in [5.41, 5.74) is 4.89. The van der Waals surface area contributed by atoms with Gasteiger partial charge >= 0.3 is 6.09 Å². The number of amides is 2. The van der Waals surface area contributed by atoms with Crippen molar-refractivity contribution in [1.82, 2.24) is 10.8 Å². The highest BCUT2D eigenvalue weighted by atomic mass is 16.7. The van der Waals surface area contributed by atoms with Gasteiger partial charge in [0, 0.05) is 6.42 Å². The Morgan fingerprint density at radius 2 is 1.55 bits per heavy atom. The maximum atomic E-state index is 12.6. The first-order chi connectivity index (χ1) is 13.8. The molecule has 2 amide bonds. The molecule has 6 nitrogen and oxygen atoms in total. The van der Waals surface area contributed by atoms with Crippen molar-refractivity contribution < 1.29 is 19.2 Å². The summed E-state index contributed by atoms with van der Waals surface area (Å²) in [6.45, 7) is 7.64. The zero-order chi connectivity index (χ0) is 21.3. The van der Waals surface area contributed by atoms with Gasteiger partial charge < -0.3 is 10.1 Å². The van der Waals surface area contributed by atoms with Gasteiger partial charge in [0.05, 0.1) is 6.61 Å². The zero-order valence-electron chi connectivity index (χ0n) is 17.5. The fraction of sp³-hybridized carbons (Fsp3) is 0.391. The third kappa shape index (κ3) is 8.35. The Balaban J connectivity index is 1.96. The SMILES string of the molecule is CCc1ccc(CONC(=O)[C@@H](Cc2ccccc2)NC(=O)OC(C)(C)C)cc1. The predicted octanol–water partition coefficient (Wildman–Crippen LogP) is 3.93. The van der Waals surface area contributed by atoms with Gasteiger partial charge in [-0.05, 0) is 43.9 Å². The average molecular weight is 399 g/mol. The molecule has 2 rings (SSSR count). The Labute approximate surface area is 172 Å². The average Bonchev–Trinajstić information content (AvgIpc) is 2.67. The number of aryl methyl sites for hydroxylation is 1. The van der Waals surface area contributed by atoms with Crippen molar-refractivity contribution in [2.45, 2.75) is 58.8 Å². The number of carbonyl (C=O) groups excluding carboxylic acids is 2. The molecule has 0 saturated carbocycles. The second-order valence-electron chi connectivity index (χ2n) is 7.81. The largest absolute Gasteiger partial charge is 0.444 e. The molecule has 0 bridgehead atoms. The molecule has 0 aliphatic carbocycles. The van der Waals surface area contributed by atoms with Crippen LogP contribution in [0.5, 0.6) is 0 Å². The summed E-state index contributed by atoms with van der Waals surface area (Å²) in [7, 11) is 0. The smallest absolute Gasteiger partial charge is 0.408 e. The molecule has 0 heterocycles.